The molecule has 4 aromatic rings. The molecule has 1 amide bonds. The van der Waals surface area contributed by atoms with Gasteiger partial charge in [-0.2, -0.15) is 0 Å². The van der Waals surface area contributed by atoms with E-state index in [2.05, 4.69) is 11.9 Å². The number of hydrogen-bond acceptors (Lipinski definition) is 3. The highest BCUT2D eigenvalue weighted by Gasteiger charge is 2.19. The summed E-state index contributed by atoms with van der Waals surface area (Å²) in [5.74, 6) is 1.74. The zero-order chi connectivity index (χ0) is 19.3. The van der Waals surface area contributed by atoms with Gasteiger partial charge < -0.3 is 13.9 Å². The quantitative estimate of drug-likeness (QED) is 0.482. The van der Waals surface area contributed by atoms with Gasteiger partial charge >= 0.3 is 0 Å². The van der Waals surface area contributed by atoms with Gasteiger partial charge in [-0.15, -0.1) is 0 Å². The fraction of sp³-hybridized carbons (Fsp3) is 0.217. The number of aryl methyl sites for hydroxylation is 1. The number of furan rings is 1. The molecule has 0 N–H and O–H groups in total. The first kappa shape index (κ1) is 18.0. The summed E-state index contributed by atoms with van der Waals surface area (Å²) >= 11 is 0. The second kappa shape index (κ2) is 8.13. The van der Waals surface area contributed by atoms with Crippen LogP contribution in [-0.2, 0) is 30.8 Å². The van der Waals surface area contributed by atoms with Gasteiger partial charge in [0.15, 0.2) is 0 Å². The number of carbonyl (C=O) groups is 1. The minimum Gasteiger partial charge on any atom is -0.467 e. The average Bonchev–Trinajstić information content (AvgIpc) is 3.36. The van der Waals surface area contributed by atoms with Crippen LogP contribution in [0.25, 0.3) is 11.0 Å². The monoisotopic (exact) mass is 373 g/mol. The number of nitrogens with zero attached hydrogens (tertiary/aromatic N) is 3. The van der Waals surface area contributed by atoms with Gasteiger partial charge in [0.05, 0.1) is 23.8 Å². The molecule has 5 nitrogen and oxygen atoms in total. The summed E-state index contributed by atoms with van der Waals surface area (Å²) in [5, 5.41) is 0. The van der Waals surface area contributed by atoms with Gasteiger partial charge in [0.25, 0.3) is 0 Å². The molecule has 0 bridgehead atoms. The molecule has 0 saturated heterocycles. The molecule has 0 saturated carbocycles. The first-order chi connectivity index (χ1) is 13.7. The van der Waals surface area contributed by atoms with E-state index >= 15 is 0 Å². The highest BCUT2D eigenvalue weighted by molar-refractivity contribution is 5.81. The standard InChI is InChI=1S/C23H23N3O2/c1-2-22-24-20-12-6-7-13-21(20)26(22)17-23(27)25(16-19-11-8-14-28-19)15-18-9-4-3-5-10-18/h3-14H,2,15-17H2,1H3. The Bertz CT molecular complexity index is 1050. The number of benzene rings is 2. The molecule has 0 fully saturated rings. The molecular weight excluding hydrogens is 350 g/mol. The Morgan fingerprint density at radius 2 is 1.79 bits per heavy atom. The van der Waals surface area contributed by atoms with Crippen LogP contribution in [0.3, 0.4) is 0 Å². The zero-order valence-corrected chi connectivity index (χ0v) is 15.9. The molecule has 2 heterocycles. The summed E-state index contributed by atoms with van der Waals surface area (Å²) in [6.07, 6.45) is 2.41. The van der Waals surface area contributed by atoms with E-state index in [1.54, 1.807) is 6.26 Å². The number of rotatable bonds is 7. The van der Waals surface area contributed by atoms with E-state index in [1.165, 1.54) is 0 Å². The lowest BCUT2D eigenvalue weighted by Gasteiger charge is -2.23. The second-order valence-corrected chi connectivity index (χ2v) is 6.77. The maximum atomic E-state index is 13.3. The minimum absolute atomic E-state index is 0.0399. The van der Waals surface area contributed by atoms with Crippen LogP contribution < -0.4 is 0 Å². The van der Waals surface area contributed by atoms with Crippen molar-refractivity contribution in [1.82, 2.24) is 14.5 Å². The first-order valence-electron chi connectivity index (χ1n) is 9.53. The normalized spacial score (nSPS) is 11.0. The fourth-order valence-corrected chi connectivity index (χ4v) is 3.43. The molecule has 142 valence electrons. The van der Waals surface area contributed by atoms with E-state index < -0.39 is 0 Å². The van der Waals surface area contributed by atoms with E-state index in [0.29, 0.717) is 13.1 Å². The van der Waals surface area contributed by atoms with Crippen LogP contribution in [0.15, 0.2) is 77.4 Å². The van der Waals surface area contributed by atoms with Gasteiger partial charge in [0, 0.05) is 13.0 Å². The number of imidazole rings is 1. The Morgan fingerprint density at radius 3 is 2.54 bits per heavy atom. The largest absolute Gasteiger partial charge is 0.467 e. The predicted molar refractivity (Wildman–Crippen MR) is 109 cm³/mol. The van der Waals surface area contributed by atoms with Crippen LogP contribution in [0.4, 0.5) is 0 Å². The Morgan fingerprint density at radius 1 is 1.00 bits per heavy atom. The molecule has 0 aliphatic rings. The molecule has 2 aromatic carbocycles. The lowest BCUT2D eigenvalue weighted by atomic mass is 10.2. The molecule has 0 spiro atoms. The van der Waals surface area contributed by atoms with Crippen molar-refractivity contribution < 1.29 is 9.21 Å². The number of hydrogen-bond donors (Lipinski definition) is 0. The third kappa shape index (κ3) is 3.83. The van der Waals surface area contributed by atoms with Crippen molar-refractivity contribution in [2.45, 2.75) is 33.0 Å². The van der Waals surface area contributed by atoms with Crippen LogP contribution in [0.5, 0.6) is 0 Å². The lowest BCUT2D eigenvalue weighted by molar-refractivity contribution is -0.133. The fourth-order valence-electron chi connectivity index (χ4n) is 3.43. The zero-order valence-electron chi connectivity index (χ0n) is 15.9. The highest BCUT2D eigenvalue weighted by Crippen LogP contribution is 2.18. The van der Waals surface area contributed by atoms with E-state index in [0.717, 1.165) is 34.6 Å². The summed E-state index contributed by atoms with van der Waals surface area (Å²) < 4.78 is 7.51. The van der Waals surface area contributed by atoms with Gasteiger partial charge in [-0.05, 0) is 29.8 Å². The Labute approximate surface area is 164 Å². The molecule has 0 atom stereocenters. The number of aromatic nitrogens is 2. The first-order valence-corrected chi connectivity index (χ1v) is 9.53. The minimum atomic E-state index is 0.0399. The summed E-state index contributed by atoms with van der Waals surface area (Å²) in [6.45, 7) is 3.30. The summed E-state index contributed by atoms with van der Waals surface area (Å²) in [6, 6.07) is 21.7. The topological polar surface area (TPSA) is 51.3 Å². The molecule has 5 heteroatoms. The van der Waals surface area contributed by atoms with Crippen molar-refractivity contribution in [2.75, 3.05) is 0 Å². The van der Waals surface area contributed by atoms with E-state index in [1.807, 2.05) is 76.2 Å². The van der Waals surface area contributed by atoms with Crippen molar-refractivity contribution in [3.8, 4) is 0 Å². The smallest absolute Gasteiger partial charge is 0.243 e. The molecule has 4 rings (SSSR count). The molecule has 0 aliphatic heterocycles. The molecular formula is C23H23N3O2. The van der Waals surface area contributed by atoms with Crippen LogP contribution in [0.2, 0.25) is 0 Å². The molecule has 0 aliphatic carbocycles. The molecule has 0 unspecified atom stereocenters. The van der Waals surface area contributed by atoms with Crippen molar-refractivity contribution >= 4 is 16.9 Å². The Balaban J connectivity index is 1.62. The molecule has 0 radical (unpaired) electrons. The molecule has 28 heavy (non-hydrogen) atoms. The lowest BCUT2D eigenvalue weighted by Crippen LogP contribution is -2.33. The van der Waals surface area contributed by atoms with Crippen LogP contribution in [0.1, 0.15) is 24.1 Å². The van der Waals surface area contributed by atoms with E-state index in [9.17, 15) is 4.79 Å². The van der Waals surface area contributed by atoms with Gasteiger partial charge in [-0.3, -0.25) is 4.79 Å². The van der Waals surface area contributed by atoms with Gasteiger partial charge in [0.2, 0.25) is 5.91 Å². The Hall–Kier alpha value is -3.34. The summed E-state index contributed by atoms with van der Waals surface area (Å²) in [5.41, 5.74) is 3.01. The SMILES string of the molecule is CCc1nc2ccccc2n1CC(=O)N(Cc1ccccc1)Cc1ccco1. The highest BCUT2D eigenvalue weighted by atomic mass is 16.3. The number of amides is 1. The van der Waals surface area contributed by atoms with Crippen LogP contribution in [-0.4, -0.2) is 20.4 Å². The average molecular weight is 373 g/mol. The number of carbonyl (C=O) groups excluding carboxylic acids is 1. The maximum Gasteiger partial charge on any atom is 0.243 e. The number of para-hydroxylation sites is 2. The van der Waals surface area contributed by atoms with E-state index in [-0.39, 0.29) is 12.5 Å². The van der Waals surface area contributed by atoms with Gasteiger partial charge in [-0.1, -0.05) is 49.4 Å². The third-order valence-corrected chi connectivity index (χ3v) is 4.84. The van der Waals surface area contributed by atoms with Gasteiger partial charge in [0.1, 0.15) is 18.1 Å². The molecule has 2 aromatic heterocycles. The van der Waals surface area contributed by atoms with Crippen molar-refractivity contribution in [1.29, 1.82) is 0 Å². The predicted octanol–water partition coefficient (Wildman–Crippen LogP) is 4.42. The number of fused-ring (bicyclic) bond motifs is 1. The third-order valence-electron chi connectivity index (χ3n) is 4.84. The maximum absolute atomic E-state index is 13.3. The van der Waals surface area contributed by atoms with Crippen molar-refractivity contribution in [2.24, 2.45) is 0 Å². The summed E-state index contributed by atoms with van der Waals surface area (Å²) in [4.78, 5) is 19.8. The van der Waals surface area contributed by atoms with E-state index in [4.69, 9.17) is 4.42 Å². The summed E-state index contributed by atoms with van der Waals surface area (Å²) in [7, 11) is 0. The van der Waals surface area contributed by atoms with Crippen molar-refractivity contribution in [3.63, 3.8) is 0 Å². The van der Waals surface area contributed by atoms with Crippen molar-refractivity contribution in [3.05, 3.63) is 90.1 Å². The van der Waals surface area contributed by atoms with Crippen LogP contribution >= 0.6 is 0 Å². The van der Waals surface area contributed by atoms with Gasteiger partial charge in [-0.25, -0.2) is 4.98 Å². The van der Waals surface area contributed by atoms with Crippen LogP contribution in [0, 0.1) is 0 Å². The second-order valence-electron chi connectivity index (χ2n) is 6.77. The Kier molecular flexibility index (Phi) is 5.24.